The summed E-state index contributed by atoms with van der Waals surface area (Å²) in [7, 11) is -3.79. The second kappa shape index (κ2) is 10.2. The van der Waals surface area contributed by atoms with Crippen molar-refractivity contribution in [2.24, 2.45) is 0 Å². The Morgan fingerprint density at radius 1 is 1.39 bits per heavy atom. The number of hydrogen-bond donors (Lipinski definition) is 1. The van der Waals surface area contributed by atoms with Gasteiger partial charge < -0.3 is 9.73 Å². The van der Waals surface area contributed by atoms with Crippen LogP contribution < -0.4 is 9.62 Å². The molecule has 2 aromatic rings. The Kier molecular flexibility index (Phi) is 8.21. The van der Waals surface area contributed by atoms with E-state index in [2.05, 4.69) is 5.32 Å². The van der Waals surface area contributed by atoms with Crippen LogP contribution in [0.25, 0.3) is 0 Å². The zero-order chi connectivity index (χ0) is 20.7. The van der Waals surface area contributed by atoms with Crippen LogP contribution in [0.1, 0.15) is 19.1 Å². The summed E-state index contributed by atoms with van der Waals surface area (Å²) in [6.07, 6.45) is 2.85. The highest BCUT2D eigenvalue weighted by molar-refractivity contribution is 7.98. The van der Waals surface area contributed by atoms with Gasteiger partial charge in [-0.3, -0.25) is 9.10 Å². The van der Waals surface area contributed by atoms with Gasteiger partial charge in [-0.1, -0.05) is 18.5 Å². The summed E-state index contributed by atoms with van der Waals surface area (Å²) in [4.78, 5) is 12.6. The van der Waals surface area contributed by atoms with E-state index in [-0.39, 0.29) is 17.1 Å². The third kappa shape index (κ3) is 6.15. The number of thioether (sulfide) groups is 1. The smallest absolute Gasteiger partial charge is 0.243 e. The molecule has 0 saturated heterocycles. The molecule has 0 aliphatic rings. The van der Waals surface area contributed by atoms with Gasteiger partial charge in [-0.2, -0.15) is 11.8 Å². The maximum atomic E-state index is 13.5. The van der Waals surface area contributed by atoms with Gasteiger partial charge >= 0.3 is 0 Å². The maximum Gasteiger partial charge on any atom is 0.243 e. The number of benzene rings is 1. The van der Waals surface area contributed by atoms with E-state index < -0.39 is 27.8 Å². The van der Waals surface area contributed by atoms with Gasteiger partial charge in [0.2, 0.25) is 15.9 Å². The van der Waals surface area contributed by atoms with Gasteiger partial charge in [0.15, 0.2) is 0 Å². The van der Waals surface area contributed by atoms with Crippen molar-refractivity contribution in [3.8, 4) is 0 Å². The summed E-state index contributed by atoms with van der Waals surface area (Å²) in [5, 5.41) is 2.55. The molecule has 0 fully saturated rings. The van der Waals surface area contributed by atoms with Gasteiger partial charge in [0.1, 0.15) is 17.6 Å². The minimum Gasteiger partial charge on any atom is -0.468 e. The van der Waals surface area contributed by atoms with Gasteiger partial charge in [-0.05, 0) is 36.8 Å². The summed E-state index contributed by atoms with van der Waals surface area (Å²) in [6.45, 7) is 2.09. The molecule has 0 aliphatic heterocycles. The first-order chi connectivity index (χ1) is 13.2. The van der Waals surface area contributed by atoms with Crippen molar-refractivity contribution in [2.45, 2.75) is 25.1 Å². The number of carbonyl (C=O) groups excluding carboxylic acids is 1. The molecule has 1 N–H and O–H groups in total. The van der Waals surface area contributed by atoms with Crippen LogP contribution in [-0.4, -0.2) is 38.9 Å². The van der Waals surface area contributed by atoms with E-state index in [9.17, 15) is 17.6 Å². The molecule has 0 bridgehead atoms. The molecule has 2 rings (SSSR count). The van der Waals surface area contributed by atoms with Crippen molar-refractivity contribution in [1.82, 2.24) is 5.32 Å². The molecule has 1 heterocycles. The predicted molar refractivity (Wildman–Crippen MR) is 111 cm³/mol. The highest BCUT2D eigenvalue weighted by Gasteiger charge is 2.31. The van der Waals surface area contributed by atoms with E-state index in [1.165, 1.54) is 12.1 Å². The summed E-state index contributed by atoms with van der Waals surface area (Å²) in [6, 6.07) is 6.28. The van der Waals surface area contributed by atoms with Gasteiger partial charge in [-0.25, -0.2) is 12.8 Å². The fourth-order valence-corrected chi connectivity index (χ4v) is 4.75. The monoisotopic (exact) mass is 448 g/mol. The number of hydrogen-bond acceptors (Lipinski definition) is 5. The summed E-state index contributed by atoms with van der Waals surface area (Å²) in [5.74, 6) is 1.09. The molecule has 6 nitrogen and oxygen atoms in total. The molecular weight excluding hydrogens is 427 g/mol. The third-order valence-electron chi connectivity index (χ3n) is 3.86. The first kappa shape index (κ1) is 22.6. The van der Waals surface area contributed by atoms with Crippen LogP contribution in [-0.2, 0) is 20.6 Å². The number of halogens is 2. The average molecular weight is 449 g/mol. The van der Waals surface area contributed by atoms with Crippen molar-refractivity contribution in [1.29, 1.82) is 0 Å². The van der Waals surface area contributed by atoms with E-state index in [4.69, 9.17) is 16.0 Å². The van der Waals surface area contributed by atoms with Crippen LogP contribution >= 0.6 is 23.4 Å². The molecule has 154 valence electrons. The van der Waals surface area contributed by atoms with Crippen LogP contribution in [0.3, 0.4) is 0 Å². The molecule has 28 heavy (non-hydrogen) atoms. The molecule has 1 amide bonds. The molecule has 0 unspecified atom stereocenters. The molecule has 10 heteroatoms. The summed E-state index contributed by atoms with van der Waals surface area (Å²) >= 11 is 7.38. The second-order valence-electron chi connectivity index (χ2n) is 6.00. The Morgan fingerprint density at radius 2 is 2.14 bits per heavy atom. The molecule has 1 aromatic carbocycles. The number of amides is 1. The maximum absolute atomic E-state index is 13.5. The molecule has 1 atom stereocenters. The molecule has 0 saturated carbocycles. The molecule has 1 aromatic heterocycles. The predicted octanol–water partition coefficient (Wildman–Crippen LogP) is 3.67. The minimum absolute atomic E-state index is 0.142. The zero-order valence-electron chi connectivity index (χ0n) is 15.5. The SMILES string of the molecule is CC[C@@H](C(=O)NCCSCc1ccco1)N(c1ccc(F)c(Cl)c1)S(C)(=O)=O. The van der Waals surface area contributed by atoms with Crippen molar-refractivity contribution >= 4 is 45.0 Å². The quantitative estimate of drug-likeness (QED) is 0.561. The van der Waals surface area contributed by atoms with Gasteiger partial charge in [-0.15, -0.1) is 0 Å². The second-order valence-corrected chi connectivity index (χ2v) is 9.38. The summed E-state index contributed by atoms with van der Waals surface area (Å²) < 4.78 is 44.3. The van der Waals surface area contributed by atoms with Crippen molar-refractivity contribution in [2.75, 3.05) is 22.9 Å². The Labute approximate surface area is 173 Å². The fourth-order valence-electron chi connectivity index (χ4n) is 2.61. The van der Waals surface area contributed by atoms with Crippen LogP contribution in [0.5, 0.6) is 0 Å². The summed E-state index contributed by atoms with van der Waals surface area (Å²) in [5.41, 5.74) is 0.142. The number of sulfonamides is 1. The number of nitrogens with zero attached hydrogens (tertiary/aromatic N) is 1. The minimum atomic E-state index is -3.79. The first-order valence-electron chi connectivity index (χ1n) is 8.56. The lowest BCUT2D eigenvalue weighted by Crippen LogP contribution is -2.49. The average Bonchev–Trinajstić information content (AvgIpc) is 3.14. The number of anilines is 1. The number of nitrogens with one attached hydrogen (secondary N) is 1. The Morgan fingerprint density at radius 3 is 2.71 bits per heavy atom. The lowest BCUT2D eigenvalue weighted by atomic mass is 10.2. The highest BCUT2D eigenvalue weighted by Crippen LogP contribution is 2.27. The molecule has 0 radical (unpaired) electrons. The van der Waals surface area contributed by atoms with Crippen LogP contribution in [0, 0.1) is 5.82 Å². The standard InChI is InChI=1S/C18H22ClFN2O4S2/c1-3-17(18(23)21-8-10-27-12-14-5-4-9-26-14)22(28(2,24)25)13-6-7-16(20)15(19)11-13/h4-7,9,11,17H,3,8,10,12H2,1-2H3,(H,21,23)/t17-/m0/s1. The van der Waals surface area contributed by atoms with Crippen LogP contribution in [0.15, 0.2) is 41.0 Å². The lowest BCUT2D eigenvalue weighted by molar-refractivity contribution is -0.122. The van der Waals surface area contributed by atoms with Gasteiger partial charge in [0.05, 0.1) is 29.0 Å². The third-order valence-corrected chi connectivity index (χ3v) is 6.31. The Bertz CT molecular complexity index is 891. The van der Waals surface area contributed by atoms with E-state index in [1.54, 1.807) is 24.9 Å². The topological polar surface area (TPSA) is 79.6 Å². The van der Waals surface area contributed by atoms with Gasteiger partial charge in [0.25, 0.3) is 0 Å². The number of carbonyl (C=O) groups is 1. The van der Waals surface area contributed by atoms with Crippen molar-refractivity contribution < 1.29 is 22.0 Å². The van der Waals surface area contributed by atoms with E-state index in [0.717, 1.165) is 22.4 Å². The molecule has 0 aliphatic carbocycles. The highest BCUT2D eigenvalue weighted by atomic mass is 35.5. The number of rotatable bonds is 10. The molecular formula is C18H22ClFN2O4S2. The fraction of sp³-hybridized carbons (Fsp3) is 0.389. The van der Waals surface area contributed by atoms with Crippen molar-refractivity contribution in [3.05, 3.63) is 53.2 Å². The first-order valence-corrected chi connectivity index (χ1v) is 11.9. The normalized spacial score (nSPS) is 12.6. The van der Waals surface area contributed by atoms with Crippen LogP contribution in [0.2, 0.25) is 5.02 Å². The lowest BCUT2D eigenvalue weighted by Gasteiger charge is -2.30. The van der Waals surface area contributed by atoms with E-state index in [0.29, 0.717) is 18.1 Å². The van der Waals surface area contributed by atoms with Gasteiger partial charge in [0, 0.05) is 12.3 Å². The van der Waals surface area contributed by atoms with Crippen molar-refractivity contribution in [3.63, 3.8) is 0 Å². The van der Waals surface area contributed by atoms with Crippen LogP contribution in [0.4, 0.5) is 10.1 Å². The molecule has 0 spiro atoms. The number of furan rings is 1. The zero-order valence-corrected chi connectivity index (χ0v) is 17.9. The van der Waals surface area contributed by atoms with E-state index in [1.807, 2.05) is 12.1 Å². The van der Waals surface area contributed by atoms with E-state index >= 15 is 0 Å². The Hall–Kier alpha value is -1.71. The Balaban J connectivity index is 2.03. The largest absolute Gasteiger partial charge is 0.468 e.